The highest BCUT2D eigenvalue weighted by Gasteiger charge is 2.27. The first kappa shape index (κ1) is 17.7. The number of hydrogen-bond donors (Lipinski definition) is 1. The van der Waals surface area contributed by atoms with Crippen molar-refractivity contribution in [2.45, 2.75) is 19.4 Å². The molecule has 0 saturated carbocycles. The minimum atomic E-state index is 0.160. The average molecular weight is 406 g/mol. The molecule has 2 aromatic carbocycles. The fourth-order valence-corrected chi connectivity index (χ4v) is 4.25. The molecule has 1 aromatic heterocycles. The number of benzene rings is 2. The third-order valence-electron chi connectivity index (χ3n) is 4.58. The van der Waals surface area contributed by atoms with Gasteiger partial charge < -0.3 is 9.67 Å². The second-order valence-corrected chi connectivity index (χ2v) is 8.15. The van der Waals surface area contributed by atoms with Crippen LogP contribution in [0.4, 0.5) is 11.4 Å². The summed E-state index contributed by atoms with van der Waals surface area (Å²) in [6.45, 7) is 2.11. The number of thioether (sulfide) groups is 1. The smallest absolute Gasteiger partial charge is 0.221 e. The standard InChI is InChI=1S/C19H17Cl2N3OS/c1-2-11-3-6-17-14(7-11)18(19(25)24(17)13-9-26-10-13)23-22-16-5-4-12(20)8-15(16)21/h3-8,13,25H,2,9-10H2,1H3. The first-order valence-corrected chi connectivity index (χ1v) is 10.3. The van der Waals surface area contributed by atoms with Crippen molar-refractivity contribution in [1.29, 1.82) is 0 Å². The van der Waals surface area contributed by atoms with Crippen LogP contribution in [-0.4, -0.2) is 21.2 Å². The summed E-state index contributed by atoms with van der Waals surface area (Å²) in [5.74, 6) is 2.14. The summed E-state index contributed by atoms with van der Waals surface area (Å²) in [4.78, 5) is 0. The van der Waals surface area contributed by atoms with Crippen LogP contribution >= 0.6 is 35.0 Å². The predicted molar refractivity (Wildman–Crippen MR) is 110 cm³/mol. The van der Waals surface area contributed by atoms with Gasteiger partial charge in [0.05, 0.1) is 16.6 Å². The van der Waals surface area contributed by atoms with E-state index in [0.29, 0.717) is 21.4 Å². The van der Waals surface area contributed by atoms with E-state index in [-0.39, 0.29) is 11.9 Å². The molecule has 7 heteroatoms. The Kier molecular flexibility index (Phi) is 4.86. The summed E-state index contributed by atoms with van der Waals surface area (Å²) in [6, 6.07) is 11.6. The van der Waals surface area contributed by atoms with Crippen LogP contribution in [-0.2, 0) is 6.42 Å². The van der Waals surface area contributed by atoms with Gasteiger partial charge in [-0.1, -0.05) is 36.2 Å². The molecule has 4 rings (SSSR count). The molecule has 2 heterocycles. The third kappa shape index (κ3) is 3.08. The van der Waals surface area contributed by atoms with Crippen LogP contribution in [0.15, 0.2) is 46.6 Å². The zero-order valence-electron chi connectivity index (χ0n) is 14.1. The van der Waals surface area contributed by atoms with E-state index in [1.807, 2.05) is 16.3 Å². The molecule has 134 valence electrons. The van der Waals surface area contributed by atoms with Gasteiger partial charge in [-0.15, -0.1) is 10.2 Å². The fraction of sp³-hybridized carbons (Fsp3) is 0.263. The average Bonchev–Trinajstić information content (AvgIpc) is 2.84. The fourth-order valence-electron chi connectivity index (χ4n) is 3.06. The first-order chi connectivity index (χ1) is 12.6. The van der Waals surface area contributed by atoms with Crippen molar-refractivity contribution in [1.82, 2.24) is 4.57 Å². The molecule has 1 fully saturated rings. The highest BCUT2D eigenvalue weighted by atomic mass is 35.5. The SMILES string of the molecule is CCc1ccc2c(c1)c(N=Nc1ccc(Cl)cc1Cl)c(O)n2C1CSC1. The zero-order chi connectivity index (χ0) is 18.3. The lowest BCUT2D eigenvalue weighted by molar-refractivity contribution is 0.406. The predicted octanol–water partition coefficient (Wildman–Crippen LogP) is 6.92. The van der Waals surface area contributed by atoms with Gasteiger partial charge in [-0.25, -0.2) is 0 Å². The van der Waals surface area contributed by atoms with Gasteiger partial charge in [-0.3, -0.25) is 0 Å². The van der Waals surface area contributed by atoms with Crippen molar-refractivity contribution in [2.24, 2.45) is 10.2 Å². The minimum absolute atomic E-state index is 0.160. The summed E-state index contributed by atoms with van der Waals surface area (Å²) < 4.78 is 1.98. The van der Waals surface area contributed by atoms with E-state index in [1.165, 1.54) is 5.56 Å². The number of fused-ring (bicyclic) bond motifs is 1. The summed E-state index contributed by atoms with van der Waals surface area (Å²) in [7, 11) is 0. The topological polar surface area (TPSA) is 49.9 Å². The molecule has 1 aliphatic heterocycles. The van der Waals surface area contributed by atoms with E-state index in [0.717, 1.165) is 28.8 Å². The number of halogens is 2. The summed E-state index contributed by atoms with van der Waals surface area (Å²) in [5, 5.41) is 21.3. The molecule has 0 unspecified atom stereocenters. The molecule has 0 radical (unpaired) electrons. The van der Waals surface area contributed by atoms with E-state index >= 15 is 0 Å². The van der Waals surface area contributed by atoms with Gasteiger partial charge in [0.2, 0.25) is 5.88 Å². The third-order valence-corrected chi connectivity index (χ3v) is 6.36. The van der Waals surface area contributed by atoms with Gasteiger partial charge in [0, 0.05) is 21.9 Å². The Morgan fingerprint density at radius 3 is 2.62 bits per heavy atom. The number of aryl methyl sites for hydroxylation is 1. The van der Waals surface area contributed by atoms with Crippen molar-refractivity contribution < 1.29 is 5.11 Å². The van der Waals surface area contributed by atoms with Crippen molar-refractivity contribution >= 4 is 57.2 Å². The van der Waals surface area contributed by atoms with E-state index in [4.69, 9.17) is 23.2 Å². The van der Waals surface area contributed by atoms with E-state index in [1.54, 1.807) is 18.2 Å². The van der Waals surface area contributed by atoms with Gasteiger partial charge in [0.1, 0.15) is 5.69 Å². The summed E-state index contributed by atoms with van der Waals surface area (Å²) >= 11 is 14.0. The molecule has 1 aliphatic rings. The molecule has 26 heavy (non-hydrogen) atoms. The van der Waals surface area contributed by atoms with Gasteiger partial charge in [-0.05, 0) is 42.3 Å². The molecule has 0 amide bonds. The van der Waals surface area contributed by atoms with Gasteiger partial charge >= 0.3 is 0 Å². The molecule has 3 aromatic rings. The molecule has 1 N–H and O–H groups in total. The molecule has 0 atom stereocenters. The van der Waals surface area contributed by atoms with Crippen molar-refractivity contribution in [3.63, 3.8) is 0 Å². The maximum absolute atomic E-state index is 10.8. The van der Waals surface area contributed by atoms with E-state index < -0.39 is 0 Å². The van der Waals surface area contributed by atoms with Crippen molar-refractivity contribution in [3.8, 4) is 5.88 Å². The monoisotopic (exact) mass is 405 g/mol. The molecule has 4 nitrogen and oxygen atoms in total. The van der Waals surface area contributed by atoms with Gasteiger partial charge in [0.15, 0.2) is 5.69 Å². The van der Waals surface area contributed by atoms with Crippen LogP contribution in [0.5, 0.6) is 5.88 Å². The quantitative estimate of drug-likeness (QED) is 0.478. The molecular formula is C19H17Cl2N3OS. The Balaban J connectivity index is 1.85. The van der Waals surface area contributed by atoms with Crippen molar-refractivity contribution in [2.75, 3.05) is 11.5 Å². The lowest BCUT2D eigenvalue weighted by Gasteiger charge is -2.27. The Hall–Kier alpha value is -1.69. The largest absolute Gasteiger partial charge is 0.493 e. The lowest BCUT2D eigenvalue weighted by Crippen LogP contribution is -2.22. The van der Waals surface area contributed by atoms with E-state index in [2.05, 4.69) is 35.4 Å². The number of aromatic nitrogens is 1. The highest BCUT2D eigenvalue weighted by molar-refractivity contribution is 8.00. The normalized spacial score (nSPS) is 15.0. The van der Waals surface area contributed by atoms with Gasteiger partial charge in [-0.2, -0.15) is 11.8 Å². The minimum Gasteiger partial charge on any atom is -0.493 e. The van der Waals surface area contributed by atoms with Crippen LogP contribution in [0, 0.1) is 0 Å². The van der Waals surface area contributed by atoms with Gasteiger partial charge in [0.25, 0.3) is 0 Å². The number of aromatic hydroxyl groups is 1. The number of azo groups is 1. The maximum Gasteiger partial charge on any atom is 0.221 e. The van der Waals surface area contributed by atoms with E-state index in [9.17, 15) is 5.11 Å². The zero-order valence-corrected chi connectivity index (χ0v) is 16.4. The van der Waals surface area contributed by atoms with Crippen molar-refractivity contribution in [3.05, 3.63) is 52.0 Å². The Morgan fingerprint density at radius 1 is 1.15 bits per heavy atom. The Labute approximate surface area is 165 Å². The number of nitrogens with zero attached hydrogens (tertiary/aromatic N) is 3. The van der Waals surface area contributed by atoms with Crippen LogP contribution < -0.4 is 0 Å². The summed E-state index contributed by atoms with van der Waals surface area (Å²) in [5.41, 5.74) is 3.18. The molecule has 0 bridgehead atoms. The number of hydrogen-bond acceptors (Lipinski definition) is 4. The molecular weight excluding hydrogens is 389 g/mol. The number of rotatable bonds is 4. The van der Waals surface area contributed by atoms with Crippen LogP contribution in [0.3, 0.4) is 0 Å². The summed E-state index contributed by atoms with van der Waals surface area (Å²) in [6.07, 6.45) is 0.917. The maximum atomic E-state index is 10.8. The van der Waals surface area contributed by atoms with Crippen LogP contribution in [0.2, 0.25) is 10.0 Å². The second-order valence-electron chi connectivity index (χ2n) is 6.23. The Bertz CT molecular complexity index is 1010. The first-order valence-electron chi connectivity index (χ1n) is 8.38. The van der Waals surface area contributed by atoms with Crippen LogP contribution in [0.1, 0.15) is 18.5 Å². The second kappa shape index (κ2) is 7.14. The van der Waals surface area contributed by atoms with Crippen LogP contribution in [0.25, 0.3) is 10.9 Å². The molecule has 1 saturated heterocycles. The lowest BCUT2D eigenvalue weighted by atomic mass is 10.1. The Morgan fingerprint density at radius 2 is 1.96 bits per heavy atom. The molecule has 0 spiro atoms. The highest BCUT2D eigenvalue weighted by Crippen LogP contribution is 2.45. The molecule has 0 aliphatic carbocycles.